The molecule has 4 heteroatoms. The van der Waals surface area contributed by atoms with Gasteiger partial charge in [-0.1, -0.05) is 6.07 Å². The highest BCUT2D eigenvalue weighted by Crippen LogP contribution is 2.35. The molecule has 0 saturated carbocycles. The zero-order valence-corrected chi connectivity index (χ0v) is 10.2. The van der Waals surface area contributed by atoms with Gasteiger partial charge in [0.05, 0.1) is 19.8 Å². The van der Waals surface area contributed by atoms with Crippen molar-refractivity contribution in [2.75, 3.05) is 14.2 Å². The molecule has 0 saturated heterocycles. The Hall–Kier alpha value is -2.54. The van der Waals surface area contributed by atoms with E-state index >= 15 is 0 Å². The fourth-order valence-corrected chi connectivity index (χ4v) is 1.75. The van der Waals surface area contributed by atoms with Crippen molar-refractivity contribution >= 4 is 0 Å². The van der Waals surface area contributed by atoms with Gasteiger partial charge in [0.15, 0.2) is 11.5 Å². The standard InChI is InChI=1S/C14H12N2O2/c1-17-13-7-11(10-4-3-5-16-9-10)6-12(8-15)14(13)18-2/h3-7,9H,1-2H3. The highest BCUT2D eigenvalue weighted by atomic mass is 16.5. The van der Waals surface area contributed by atoms with Crippen LogP contribution in [0.1, 0.15) is 5.56 Å². The predicted molar refractivity (Wildman–Crippen MR) is 67.5 cm³/mol. The van der Waals surface area contributed by atoms with Crippen LogP contribution in [0.4, 0.5) is 0 Å². The summed E-state index contributed by atoms with van der Waals surface area (Å²) in [6, 6.07) is 9.47. The first kappa shape index (κ1) is 11.9. The molecule has 2 aromatic rings. The van der Waals surface area contributed by atoms with Crippen LogP contribution in [0.3, 0.4) is 0 Å². The van der Waals surface area contributed by atoms with Crippen molar-refractivity contribution in [1.82, 2.24) is 4.98 Å². The van der Waals surface area contributed by atoms with Crippen LogP contribution in [0.5, 0.6) is 11.5 Å². The summed E-state index contributed by atoms with van der Waals surface area (Å²) in [7, 11) is 3.06. The number of benzene rings is 1. The van der Waals surface area contributed by atoms with Crippen LogP contribution in [-0.2, 0) is 0 Å². The molecule has 18 heavy (non-hydrogen) atoms. The Morgan fingerprint density at radius 1 is 1.17 bits per heavy atom. The Balaban J connectivity index is 2.62. The lowest BCUT2D eigenvalue weighted by atomic mass is 10.0. The van der Waals surface area contributed by atoms with Crippen LogP contribution in [0.2, 0.25) is 0 Å². The van der Waals surface area contributed by atoms with Gasteiger partial charge in [0.1, 0.15) is 6.07 Å². The van der Waals surface area contributed by atoms with Crippen LogP contribution in [0.15, 0.2) is 36.7 Å². The second-order valence-corrected chi connectivity index (χ2v) is 3.61. The molecule has 1 aromatic carbocycles. The number of pyridine rings is 1. The molecule has 1 aromatic heterocycles. The van der Waals surface area contributed by atoms with Crippen molar-refractivity contribution in [2.45, 2.75) is 0 Å². The summed E-state index contributed by atoms with van der Waals surface area (Å²) in [6.45, 7) is 0. The van der Waals surface area contributed by atoms with Gasteiger partial charge in [0.2, 0.25) is 0 Å². The summed E-state index contributed by atoms with van der Waals surface area (Å²) in [6.07, 6.45) is 3.44. The molecule has 0 spiro atoms. The highest BCUT2D eigenvalue weighted by Gasteiger charge is 2.12. The minimum Gasteiger partial charge on any atom is -0.493 e. The molecule has 0 bridgehead atoms. The summed E-state index contributed by atoms with van der Waals surface area (Å²) in [5.41, 5.74) is 2.24. The van der Waals surface area contributed by atoms with E-state index in [1.807, 2.05) is 18.2 Å². The zero-order valence-electron chi connectivity index (χ0n) is 10.2. The van der Waals surface area contributed by atoms with Gasteiger partial charge in [-0.25, -0.2) is 0 Å². The second kappa shape index (κ2) is 5.19. The normalized spacial score (nSPS) is 9.61. The lowest BCUT2D eigenvalue weighted by molar-refractivity contribution is 0.354. The van der Waals surface area contributed by atoms with Gasteiger partial charge in [-0.05, 0) is 23.8 Å². The number of nitriles is 1. The summed E-state index contributed by atoms with van der Waals surface area (Å²) < 4.78 is 10.4. The van der Waals surface area contributed by atoms with E-state index in [1.54, 1.807) is 25.6 Å². The molecular formula is C14H12N2O2. The van der Waals surface area contributed by atoms with E-state index in [4.69, 9.17) is 14.7 Å². The maximum atomic E-state index is 9.14. The average molecular weight is 240 g/mol. The Morgan fingerprint density at radius 3 is 2.56 bits per heavy atom. The molecule has 0 aliphatic rings. The summed E-state index contributed by atoms with van der Waals surface area (Å²) in [4.78, 5) is 4.06. The van der Waals surface area contributed by atoms with E-state index in [-0.39, 0.29) is 0 Å². The zero-order chi connectivity index (χ0) is 13.0. The monoisotopic (exact) mass is 240 g/mol. The van der Waals surface area contributed by atoms with Crippen molar-refractivity contribution < 1.29 is 9.47 Å². The van der Waals surface area contributed by atoms with E-state index < -0.39 is 0 Å². The fraction of sp³-hybridized carbons (Fsp3) is 0.143. The molecular weight excluding hydrogens is 228 g/mol. The van der Waals surface area contributed by atoms with Crippen molar-refractivity contribution in [2.24, 2.45) is 0 Å². The number of ether oxygens (including phenoxy) is 2. The van der Waals surface area contributed by atoms with Crippen LogP contribution in [0.25, 0.3) is 11.1 Å². The summed E-state index contributed by atoms with van der Waals surface area (Å²) >= 11 is 0. The van der Waals surface area contributed by atoms with Gasteiger partial charge < -0.3 is 9.47 Å². The van der Waals surface area contributed by atoms with Gasteiger partial charge in [-0.3, -0.25) is 4.98 Å². The molecule has 0 unspecified atom stereocenters. The van der Waals surface area contributed by atoms with Crippen LogP contribution in [0, 0.1) is 11.3 Å². The molecule has 1 heterocycles. The van der Waals surface area contributed by atoms with Crippen molar-refractivity contribution in [1.29, 1.82) is 5.26 Å². The summed E-state index contributed by atoms with van der Waals surface area (Å²) in [5.74, 6) is 0.989. The van der Waals surface area contributed by atoms with E-state index in [0.29, 0.717) is 17.1 Å². The number of aromatic nitrogens is 1. The van der Waals surface area contributed by atoms with Crippen LogP contribution < -0.4 is 9.47 Å². The molecule has 2 rings (SSSR count). The smallest absolute Gasteiger partial charge is 0.178 e. The molecule has 0 radical (unpaired) electrons. The quantitative estimate of drug-likeness (QED) is 0.827. The molecule has 90 valence electrons. The van der Waals surface area contributed by atoms with Crippen LogP contribution in [-0.4, -0.2) is 19.2 Å². The van der Waals surface area contributed by atoms with E-state index in [9.17, 15) is 0 Å². The minimum atomic E-state index is 0.440. The lowest BCUT2D eigenvalue weighted by Gasteiger charge is -2.11. The Bertz CT molecular complexity index is 589. The molecule has 0 aliphatic carbocycles. The number of nitrogens with zero attached hydrogens (tertiary/aromatic N) is 2. The molecule has 0 atom stereocenters. The topological polar surface area (TPSA) is 55.1 Å². The number of methoxy groups -OCH3 is 2. The molecule has 0 aliphatic heterocycles. The minimum absolute atomic E-state index is 0.440. The Kier molecular flexibility index (Phi) is 3.44. The van der Waals surface area contributed by atoms with Gasteiger partial charge in [-0.2, -0.15) is 5.26 Å². The van der Waals surface area contributed by atoms with Gasteiger partial charge in [0.25, 0.3) is 0 Å². The van der Waals surface area contributed by atoms with E-state index in [2.05, 4.69) is 11.1 Å². The van der Waals surface area contributed by atoms with Crippen molar-refractivity contribution in [3.05, 3.63) is 42.2 Å². The summed E-state index contributed by atoms with van der Waals surface area (Å²) in [5, 5.41) is 9.14. The number of rotatable bonds is 3. The van der Waals surface area contributed by atoms with E-state index in [1.165, 1.54) is 7.11 Å². The third-order valence-electron chi connectivity index (χ3n) is 2.59. The first-order chi connectivity index (χ1) is 8.80. The van der Waals surface area contributed by atoms with Gasteiger partial charge in [-0.15, -0.1) is 0 Å². The molecule has 4 nitrogen and oxygen atoms in total. The van der Waals surface area contributed by atoms with E-state index in [0.717, 1.165) is 11.1 Å². The third kappa shape index (κ3) is 2.11. The molecule has 0 N–H and O–H groups in total. The van der Waals surface area contributed by atoms with Crippen molar-refractivity contribution in [3.8, 4) is 28.7 Å². The predicted octanol–water partition coefficient (Wildman–Crippen LogP) is 2.64. The first-order valence-electron chi connectivity index (χ1n) is 5.36. The second-order valence-electron chi connectivity index (χ2n) is 3.61. The number of hydrogen-bond donors (Lipinski definition) is 0. The van der Waals surface area contributed by atoms with Crippen LogP contribution >= 0.6 is 0 Å². The van der Waals surface area contributed by atoms with Crippen molar-refractivity contribution in [3.63, 3.8) is 0 Å². The largest absolute Gasteiger partial charge is 0.493 e. The van der Waals surface area contributed by atoms with Gasteiger partial charge in [0, 0.05) is 18.0 Å². The molecule has 0 amide bonds. The maximum absolute atomic E-state index is 9.14. The third-order valence-corrected chi connectivity index (χ3v) is 2.59. The lowest BCUT2D eigenvalue weighted by Crippen LogP contribution is -1.95. The number of hydrogen-bond acceptors (Lipinski definition) is 4. The van der Waals surface area contributed by atoms with Gasteiger partial charge >= 0.3 is 0 Å². The average Bonchev–Trinajstić information content (AvgIpc) is 2.46. The highest BCUT2D eigenvalue weighted by molar-refractivity contribution is 5.70. The molecule has 0 fully saturated rings. The Morgan fingerprint density at radius 2 is 2.00 bits per heavy atom. The Labute approximate surface area is 105 Å². The fourth-order valence-electron chi connectivity index (χ4n) is 1.75. The maximum Gasteiger partial charge on any atom is 0.178 e. The SMILES string of the molecule is COc1cc(-c2cccnc2)cc(C#N)c1OC. The first-order valence-corrected chi connectivity index (χ1v) is 5.36.